The first-order valence-corrected chi connectivity index (χ1v) is 9.29. The van der Waals surface area contributed by atoms with Crippen LogP contribution in [0.5, 0.6) is 0 Å². The van der Waals surface area contributed by atoms with Crippen LogP contribution >= 0.6 is 0 Å². The van der Waals surface area contributed by atoms with Gasteiger partial charge in [0.05, 0.1) is 12.6 Å². The highest BCUT2D eigenvalue weighted by Gasteiger charge is 2.18. The normalized spacial score (nSPS) is 11.5. The van der Waals surface area contributed by atoms with E-state index in [1.807, 2.05) is 0 Å². The maximum Gasteiger partial charge on any atom is 0.256 e. The maximum absolute atomic E-state index is 2.51. The summed E-state index contributed by atoms with van der Waals surface area (Å²) < 4.78 is 4.98. The van der Waals surface area contributed by atoms with Crippen molar-refractivity contribution in [2.45, 2.75) is 104 Å². The molecule has 0 fully saturated rings. The summed E-state index contributed by atoms with van der Waals surface area (Å²) in [6, 6.07) is 0.576. The number of aryl methyl sites for hydroxylation is 1. The van der Waals surface area contributed by atoms with Gasteiger partial charge in [0.1, 0.15) is 12.4 Å². The lowest BCUT2D eigenvalue weighted by atomic mass is 10.1. The molecule has 0 saturated carbocycles. The van der Waals surface area contributed by atoms with Crippen molar-refractivity contribution in [3.63, 3.8) is 0 Å². The minimum absolute atomic E-state index is 0.576. The second kappa shape index (κ2) is 10.9. The molecule has 0 spiro atoms. The van der Waals surface area contributed by atoms with Crippen molar-refractivity contribution >= 4 is 0 Å². The minimum atomic E-state index is 0.576. The van der Waals surface area contributed by atoms with Crippen LogP contribution in [-0.4, -0.2) is 4.57 Å². The molecule has 0 amide bonds. The molecule has 2 heteroatoms. The quantitative estimate of drug-likeness (QED) is 0.358. The summed E-state index contributed by atoms with van der Waals surface area (Å²) in [7, 11) is 0. The Morgan fingerprint density at radius 2 is 1.52 bits per heavy atom. The van der Waals surface area contributed by atoms with Gasteiger partial charge < -0.3 is 0 Å². The monoisotopic (exact) mass is 293 g/mol. The molecule has 2 nitrogen and oxygen atoms in total. The van der Waals surface area contributed by atoms with E-state index >= 15 is 0 Å². The lowest BCUT2D eigenvalue weighted by molar-refractivity contribution is -0.704. The Kier molecular flexibility index (Phi) is 9.45. The molecular formula is C19H37N2+. The first-order valence-electron chi connectivity index (χ1n) is 9.29. The molecule has 1 aromatic rings. The molecule has 0 aliphatic heterocycles. The molecule has 0 unspecified atom stereocenters. The van der Waals surface area contributed by atoms with E-state index < -0.39 is 0 Å². The SMILES string of the molecule is CCCCCCC[n+]1ccn(C(C)C)c1CCCCCC. The second-order valence-corrected chi connectivity index (χ2v) is 6.63. The van der Waals surface area contributed by atoms with Gasteiger partial charge in [-0.15, -0.1) is 0 Å². The Morgan fingerprint density at radius 1 is 0.905 bits per heavy atom. The number of nitrogens with zero attached hydrogens (tertiary/aromatic N) is 2. The zero-order valence-electron chi connectivity index (χ0n) is 14.9. The van der Waals surface area contributed by atoms with Crippen LogP contribution in [0.1, 0.15) is 97.3 Å². The Balaban J connectivity index is 2.52. The van der Waals surface area contributed by atoms with E-state index in [0.717, 1.165) is 0 Å². The summed E-state index contributed by atoms with van der Waals surface area (Å²) >= 11 is 0. The van der Waals surface area contributed by atoms with Crippen molar-refractivity contribution in [1.29, 1.82) is 0 Å². The Labute approximate surface area is 132 Å². The van der Waals surface area contributed by atoms with E-state index in [-0.39, 0.29) is 0 Å². The predicted molar refractivity (Wildman–Crippen MR) is 91.6 cm³/mol. The van der Waals surface area contributed by atoms with Crippen molar-refractivity contribution in [3.05, 3.63) is 18.2 Å². The summed E-state index contributed by atoms with van der Waals surface area (Å²) in [6.45, 7) is 10.4. The van der Waals surface area contributed by atoms with Crippen molar-refractivity contribution in [2.75, 3.05) is 0 Å². The Morgan fingerprint density at radius 3 is 2.14 bits per heavy atom. The summed E-state index contributed by atoms with van der Waals surface area (Å²) in [6.07, 6.45) is 18.0. The van der Waals surface area contributed by atoms with Gasteiger partial charge in [-0.1, -0.05) is 52.4 Å². The molecular weight excluding hydrogens is 256 g/mol. The van der Waals surface area contributed by atoms with Crippen molar-refractivity contribution in [1.82, 2.24) is 4.57 Å². The lowest BCUT2D eigenvalue weighted by Gasteiger charge is -2.08. The van der Waals surface area contributed by atoms with Gasteiger partial charge in [-0.05, 0) is 33.1 Å². The summed E-state index contributed by atoms with van der Waals surface area (Å²) in [5.41, 5.74) is 0. The van der Waals surface area contributed by atoms with Gasteiger partial charge in [0.2, 0.25) is 0 Å². The fraction of sp³-hybridized carbons (Fsp3) is 0.842. The molecule has 0 N–H and O–H groups in total. The van der Waals surface area contributed by atoms with Crippen LogP contribution in [0.3, 0.4) is 0 Å². The van der Waals surface area contributed by atoms with E-state index in [9.17, 15) is 0 Å². The summed E-state index contributed by atoms with van der Waals surface area (Å²) in [5.74, 6) is 1.54. The van der Waals surface area contributed by atoms with Gasteiger partial charge >= 0.3 is 0 Å². The average molecular weight is 294 g/mol. The molecule has 0 radical (unpaired) electrons. The zero-order valence-corrected chi connectivity index (χ0v) is 14.9. The number of hydrogen-bond acceptors (Lipinski definition) is 0. The predicted octanol–water partition coefficient (Wildman–Crippen LogP) is 5.45. The van der Waals surface area contributed by atoms with Gasteiger partial charge in [0.25, 0.3) is 5.82 Å². The van der Waals surface area contributed by atoms with Crippen LogP contribution in [0.15, 0.2) is 12.4 Å². The van der Waals surface area contributed by atoms with Crippen molar-refractivity contribution in [2.24, 2.45) is 0 Å². The lowest BCUT2D eigenvalue weighted by Crippen LogP contribution is -2.37. The molecule has 122 valence electrons. The number of rotatable bonds is 12. The highest BCUT2D eigenvalue weighted by Crippen LogP contribution is 2.12. The number of hydrogen-bond donors (Lipinski definition) is 0. The Hall–Kier alpha value is -0.790. The molecule has 0 saturated heterocycles. The first-order chi connectivity index (χ1) is 10.2. The third-order valence-corrected chi connectivity index (χ3v) is 4.35. The van der Waals surface area contributed by atoms with Crippen molar-refractivity contribution in [3.8, 4) is 0 Å². The minimum Gasteiger partial charge on any atom is -0.234 e. The third-order valence-electron chi connectivity index (χ3n) is 4.35. The van der Waals surface area contributed by atoms with Crippen LogP contribution in [0.4, 0.5) is 0 Å². The van der Waals surface area contributed by atoms with E-state index in [2.05, 4.69) is 49.2 Å². The first kappa shape index (κ1) is 18.3. The molecule has 1 aromatic heterocycles. The fourth-order valence-corrected chi connectivity index (χ4v) is 3.01. The average Bonchev–Trinajstić information content (AvgIpc) is 2.86. The molecule has 21 heavy (non-hydrogen) atoms. The van der Waals surface area contributed by atoms with E-state index in [0.29, 0.717) is 6.04 Å². The van der Waals surface area contributed by atoms with E-state index in [1.54, 1.807) is 0 Å². The number of aromatic nitrogens is 2. The van der Waals surface area contributed by atoms with Crippen molar-refractivity contribution < 1.29 is 4.57 Å². The van der Waals surface area contributed by atoms with Gasteiger partial charge in [0.15, 0.2) is 0 Å². The van der Waals surface area contributed by atoms with E-state index in [1.165, 1.54) is 76.6 Å². The third kappa shape index (κ3) is 6.67. The van der Waals surface area contributed by atoms with Crippen LogP contribution < -0.4 is 4.57 Å². The van der Waals surface area contributed by atoms with Gasteiger partial charge in [-0.25, -0.2) is 9.13 Å². The molecule has 0 aliphatic carbocycles. The molecule has 0 aromatic carbocycles. The molecule has 0 aliphatic rings. The summed E-state index contributed by atoms with van der Waals surface area (Å²) in [5, 5.41) is 0. The Bertz CT molecular complexity index is 366. The number of imidazole rings is 1. The van der Waals surface area contributed by atoms with E-state index in [4.69, 9.17) is 0 Å². The highest BCUT2D eigenvalue weighted by atomic mass is 15.2. The van der Waals surface area contributed by atoms with Crippen LogP contribution in [0, 0.1) is 0 Å². The molecule has 0 bridgehead atoms. The van der Waals surface area contributed by atoms with Crippen LogP contribution in [0.2, 0.25) is 0 Å². The zero-order chi connectivity index (χ0) is 15.5. The highest BCUT2D eigenvalue weighted by molar-refractivity contribution is 4.86. The molecule has 1 rings (SSSR count). The molecule has 1 heterocycles. The summed E-state index contributed by atoms with van der Waals surface area (Å²) in [4.78, 5) is 0. The second-order valence-electron chi connectivity index (χ2n) is 6.63. The van der Waals surface area contributed by atoms with Crippen LogP contribution in [-0.2, 0) is 13.0 Å². The largest absolute Gasteiger partial charge is 0.256 e. The van der Waals surface area contributed by atoms with Gasteiger partial charge in [-0.2, -0.15) is 0 Å². The van der Waals surface area contributed by atoms with Gasteiger partial charge in [0, 0.05) is 6.42 Å². The van der Waals surface area contributed by atoms with Gasteiger partial charge in [-0.3, -0.25) is 0 Å². The van der Waals surface area contributed by atoms with Crippen LogP contribution in [0.25, 0.3) is 0 Å². The molecule has 0 atom stereocenters. The maximum atomic E-state index is 2.51. The smallest absolute Gasteiger partial charge is 0.234 e. The fourth-order valence-electron chi connectivity index (χ4n) is 3.01. The topological polar surface area (TPSA) is 8.81 Å². The number of unbranched alkanes of at least 4 members (excludes halogenated alkanes) is 7. The standard InChI is InChI=1S/C19H37N2/c1-5-7-9-11-13-15-20-16-17-21(18(3)4)19(20)14-12-10-8-6-2/h16-18H,5-15H2,1-4H3/q+1.